The van der Waals surface area contributed by atoms with Crippen LogP contribution in [0.5, 0.6) is 11.5 Å². The number of nitrogens with two attached hydrogens (primary N) is 3. The fourth-order valence-corrected chi connectivity index (χ4v) is 10.6. The van der Waals surface area contributed by atoms with Crippen LogP contribution >= 0.6 is 33.2 Å². The number of aliphatic hydroxyl groups excluding tert-OH is 1. The van der Waals surface area contributed by atoms with E-state index >= 15 is 0 Å². The molecule has 0 radical (unpaired) electrons. The minimum atomic E-state index is -1.72. The Morgan fingerprint density at radius 2 is 1.26 bits per heavy atom. The van der Waals surface area contributed by atoms with Crippen LogP contribution in [0.4, 0.5) is 0 Å². The van der Waals surface area contributed by atoms with Gasteiger partial charge in [-0.1, -0.05) is 76.0 Å². The molecule has 1 unspecified atom stereocenters. The maximum atomic E-state index is 14.7. The maximum absolute atomic E-state index is 14.7. The highest BCUT2D eigenvalue weighted by atomic mass is 35.5. The molecular weight excluding hydrogens is 1060 g/mol. The summed E-state index contributed by atoms with van der Waals surface area (Å²) < 4.78 is 0. The number of primary amides is 2. The molecule has 0 bridgehead atoms. The molecule has 9 atom stereocenters. The van der Waals surface area contributed by atoms with E-state index < -0.39 is 114 Å². The van der Waals surface area contributed by atoms with E-state index in [-0.39, 0.29) is 74.4 Å². The number of benzene rings is 3. The molecule has 77 heavy (non-hydrogen) atoms. The van der Waals surface area contributed by atoms with Crippen molar-refractivity contribution in [3.8, 4) is 11.5 Å². The van der Waals surface area contributed by atoms with Gasteiger partial charge in [0, 0.05) is 41.7 Å². The predicted molar refractivity (Wildman–Crippen MR) is 293 cm³/mol. The Morgan fingerprint density at radius 1 is 0.714 bits per heavy atom. The highest BCUT2D eigenvalue weighted by Crippen LogP contribution is 2.26. The molecule has 3 aromatic rings. The summed E-state index contributed by atoms with van der Waals surface area (Å²) in [6.45, 7) is 1.77. The highest BCUT2D eigenvalue weighted by molar-refractivity contribution is 8.76. The second-order valence-corrected chi connectivity index (χ2v) is 21.8. The van der Waals surface area contributed by atoms with Gasteiger partial charge in [-0.2, -0.15) is 0 Å². The molecule has 8 amide bonds. The number of rotatable bonds is 22. The van der Waals surface area contributed by atoms with Gasteiger partial charge in [-0.05, 0) is 119 Å². The summed E-state index contributed by atoms with van der Waals surface area (Å²) in [5.41, 5.74) is 19.2. The van der Waals surface area contributed by atoms with Crippen molar-refractivity contribution in [2.45, 2.75) is 126 Å². The first kappa shape index (κ1) is 63.1. The second-order valence-electron chi connectivity index (χ2n) is 18.9. The van der Waals surface area contributed by atoms with Crippen molar-refractivity contribution in [3.63, 3.8) is 0 Å². The van der Waals surface area contributed by atoms with Gasteiger partial charge in [0.05, 0.1) is 18.2 Å². The molecule has 25 heteroatoms. The second kappa shape index (κ2) is 32.3. The number of phenolic OH excluding ortho intramolecular Hbond substituents is 2. The van der Waals surface area contributed by atoms with Gasteiger partial charge in [0.25, 0.3) is 0 Å². The van der Waals surface area contributed by atoms with Gasteiger partial charge < -0.3 is 69.7 Å². The average Bonchev–Trinajstić information content (AvgIpc) is 3.38. The van der Waals surface area contributed by atoms with Gasteiger partial charge >= 0.3 is 0 Å². The van der Waals surface area contributed by atoms with Crippen LogP contribution in [-0.4, -0.2) is 142 Å². The Bertz CT molecular complexity index is 2480. The summed E-state index contributed by atoms with van der Waals surface area (Å²) in [5, 5.41) is 50.2. The number of hydrogen-bond donors (Lipinski definition) is 13. The van der Waals surface area contributed by atoms with Crippen molar-refractivity contribution in [1.29, 1.82) is 0 Å². The number of carbonyl (C=O) groups excluding carboxylic acids is 9. The molecule has 0 aromatic heterocycles. The van der Waals surface area contributed by atoms with Crippen LogP contribution in [0.3, 0.4) is 0 Å². The lowest BCUT2D eigenvalue weighted by atomic mass is 9.91. The molecular formula is C52H71ClN10O12S2. The van der Waals surface area contributed by atoms with Crippen LogP contribution in [-0.2, 0) is 62.4 Å². The lowest BCUT2D eigenvalue weighted by molar-refractivity contribution is -0.137. The van der Waals surface area contributed by atoms with Crippen molar-refractivity contribution in [1.82, 2.24) is 37.2 Å². The molecule has 1 saturated heterocycles. The van der Waals surface area contributed by atoms with Crippen LogP contribution in [0, 0.1) is 5.92 Å². The third-order valence-corrected chi connectivity index (χ3v) is 15.2. The zero-order valence-corrected chi connectivity index (χ0v) is 45.4. The number of Topliss-reactive ketones (excluding diaryl/α,β-unsaturated/α-hetero) is 1. The molecule has 1 aliphatic rings. The summed E-state index contributed by atoms with van der Waals surface area (Å²) in [5.74, 6) is -9.01. The zero-order chi connectivity index (χ0) is 56.6. The number of nitrogens with one attached hydrogen (secondary N) is 7. The topological polar surface area (TPSA) is 377 Å². The molecule has 0 saturated carbocycles. The number of unbranched alkanes of at least 4 members (excludes halogenated alkanes) is 2. The van der Waals surface area contributed by atoms with Gasteiger partial charge in [0.15, 0.2) is 5.78 Å². The lowest BCUT2D eigenvalue weighted by Crippen LogP contribution is -2.61. The van der Waals surface area contributed by atoms with E-state index in [9.17, 15) is 58.5 Å². The van der Waals surface area contributed by atoms with Crippen LogP contribution in [0.25, 0.3) is 0 Å². The van der Waals surface area contributed by atoms with E-state index in [1.165, 1.54) is 43.3 Å². The van der Waals surface area contributed by atoms with E-state index in [2.05, 4.69) is 37.2 Å². The van der Waals surface area contributed by atoms with Gasteiger partial charge in [-0.3, -0.25) is 43.2 Å². The number of halogens is 1. The molecule has 3 aromatic carbocycles. The fraction of sp³-hybridized carbons (Fsp3) is 0.481. The first-order chi connectivity index (χ1) is 36.6. The normalized spacial score (nSPS) is 21.4. The molecule has 0 aliphatic carbocycles. The summed E-state index contributed by atoms with van der Waals surface area (Å²) in [6.07, 6.45) is -0.899. The Labute approximate surface area is 460 Å². The number of hydrogen-bond acceptors (Lipinski definition) is 16. The summed E-state index contributed by atoms with van der Waals surface area (Å²) in [6, 6.07) is 8.63. The maximum Gasteiger partial charge on any atom is 0.245 e. The quantitative estimate of drug-likeness (QED) is 0.0475. The molecule has 420 valence electrons. The van der Waals surface area contributed by atoms with E-state index in [1.54, 1.807) is 43.4 Å². The Hall–Kier alpha value is -6.44. The van der Waals surface area contributed by atoms with Crippen LogP contribution in [0.2, 0.25) is 5.02 Å². The first-order valence-electron chi connectivity index (χ1n) is 25.2. The van der Waals surface area contributed by atoms with Crippen molar-refractivity contribution < 1.29 is 58.5 Å². The predicted octanol–water partition coefficient (Wildman–Crippen LogP) is 0.287. The average molecular weight is 1130 g/mol. The minimum Gasteiger partial charge on any atom is -0.508 e. The van der Waals surface area contributed by atoms with E-state index in [4.69, 9.17) is 28.8 Å². The molecule has 1 heterocycles. The fourth-order valence-electron chi connectivity index (χ4n) is 8.12. The Balaban J connectivity index is 1.80. The lowest BCUT2D eigenvalue weighted by Gasteiger charge is -2.29. The van der Waals surface area contributed by atoms with Crippen LogP contribution in [0.1, 0.15) is 75.0 Å². The summed E-state index contributed by atoms with van der Waals surface area (Å²) >= 11 is 6.07. The summed E-state index contributed by atoms with van der Waals surface area (Å²) in [7, 11) is 3.73. The highest BCUT2D eigenvalue weighted by Gasteiger charge is 2.36. The number of aliphatic hydroxyl groups is 1. The van der Waals surface area contributed by atoms with Crippen molar-refractivity contribution in [2.75, 3.05) is 25.1 Å². The number of amides is 8. The SMILES string of the molecule is CNCCCC[C@@H]1NC(=O)[C@@H](CCCCC(N)=O)NC(=O)[C@H](Cc2ccc(O)cc2)CC(=O)[C@H](NC(=O)[C@@H](N)Cc2ccc(Cl)cc2)CSSC[C@@H](C(=O)NC(Cc2ccc(O)cc2)C(N)=O)NC(=O)[C@H]([C@@H](C)O)NC1=O. The number of aromatic hydroxyl groups is 2. The van der Waals surface area contributed by atoms with E-state index in [1.807, 2.05) is 0 Å². The van der Waals surface area contributed by atoms with Gasteiger partial charge in [0.1, 0.15) is 41.7 Å². The largest absolute Gasteiger partial charge is 0.508 e. The van der Waals surface area contributed by atoms with Gasteiger partial charge in [0.2, 0.25) is 47.3 Å². The molecule has 16 N–H and O–H groups in total. The number of phenols is 2. The third-order valence-electron chi connectivity index (χ3n) is 12.5. The van der Waals surface area contributed by atoms with E-state index in [0.717, 1.165) is 21.6 Å². The minimum absolute atomic E-state index is 0.0264. The number of ketones is 1. The molecule has 22 nitrogen and oxygen atoms in total. The Kier molecular flexibility index (Phi) is 26.5. The van der Waals surface area contributed by atoms with Crippen molar-refractivity contribution in [3.05, 3.63) is 94.5 Å². The smallest absolute Gasteiger partial charge is 0.245 e. The summed E-state index contributed by atoms with van der Waals surface area (Å²) in [4.78, 5) is 125. The van der Waals surface area contributed by atoms with Gasteiger partial charge in [-0.15, -0.1) is 0 Å². The third kappa shape index (κ3) is 22.2. The first-order valence-corrected chi connectivity index (χ1v) is 28.1. The van der Waals surface area contributed by atoms with Crippen LogP contribution < -0.4 is 54.4 Å². The molecule has 4 rings (SSSR count). The molecule has 1 fully saturated rings. The van der Waals surface area contributed by atoms with E-state index in [0.29, 0.717) is 41.1 Å². The standard InChI is InChI=1S/C52H71ClN10O12S2/c1-29(64)45-52(75)62-42(51(74)60-40(46(56)69)25-32-14-20-36(66)21-15-32)28-77-76-27-41(61-48(71)37(54)24-31-10-16-34(53)17-11-31)43(67)26-33(23-30-12-18-35(65)19-13-30)47(70)58-38(7-3-4-9-44(55)68)49(72)59-39(50(73)63-45)8-5-6-22-57-2/h10-21,29,33,37-42,45,57,64-66H,3-9,22-28,54H2,1-2H3,(H2,55,68)(H2,56,69)(H,58,70)(H,59,72)(H,60,74)(H,61,71)(H,62,75)(H,63,73)/t29-,33-,37+,38-,39+,40?,41-,42+,45+/m1/s1. The molecule has 0 spiro atoms. The zero-order valence-electron chi connectivity index (χ0n) is 43.0. The van der Waals surface area contributed by atoms with Gasteiger partial charge in [-0.25, -0.2) is 0 Å². The molecule has 1 aliphatic heterocycles. The monoisotopic (exact) mass is 1130 g/mol. The van der Waals surface area contributed by atoms with Crippen molar-refractivity contribution in [2.24, 2.45) is 23.1 Å². The van der Waals surface area contributed by atoms with Crippen molar-refractivity contribution >= 4 is 86.2 Å². The van der Waals surface area contributed by atoms with Crippen LogP contribution in [0.15, 0.2) is 72.8 Å². The number of carbonyl (C=O) groups is 9. The Morgan fingerprint density at radius 3 is 1.84 bits per heavy atom.